The lowest BCUT2D eigenvalue weighted by Crippen LogP contribution is -2.25. The molecule has 0 bridgehead atoms. The van der Waals surface area contributed by atoms with E-state index in [1.807, 2.05) is 0 Å². The van der Waals surface area contributed by atoms with Crippen LogP contribution in [-0.4, -0.2) is 19.2 Å². The predicted octanol–water partition coefficient (Wildman–Crippen LogP) is -0.0310. The zero-order valence-corrected chi connectivity index (χ0v) is 6.25. The molecule has 1 aromatic rings. The van der Waals surface area contributed by atoms with E-state index in [4.69, 9.17) is 11.8 Å². The Morgan fingerprint density at radius 2 is 2.55 bits per heavy atom. The van der Waals surface area contributed by atoms with E-state index in [0.717, 1.165) is 0 Å². The van der Waals surface area contributed by atoms with Crippen LogP contribution in [0.3, 0.4) is 0 Å². The molecule has 0 amide bonds. The summed E-state index contributed by atoms with van der Waals surface area (Å²) in [6, 6.07) is 0. The van der Waals surface area contributed by atoms with Gasteiger partial charge in [-0.25, -0.2) is 9.89 Å². The molecule has 0 atom stereocenters. The van der Waals surface area contributed by atoms with Crippen molar-refractivity contribution in [3.8, 4) is 0 Å². The van der Waals surface area contributed by atoms with Crippen LogP contribution < -0.4 is 5.69 Å². The molecule has 0 aliphatic carbocycles. The Labute approximate surface area is 67.0 Å². The van der Waals surface area contributed by atoms with Crippen molar-refractivity contribution in [1.82, 2.24) is 19.2 Å². The van der Waals surface area contributed by atoms with Crippen molar-refractivity contribution in [1.29, 1.82) is 0 Å². The minimum absolute atomic E-state index is 0.241. The maximum atomic E-state index is 10.9. The van der Waals surface area contributed by atoms with Gasteiger partial charge in [0.2, 0.25) is 0 Å². The summed E-state index contributed by atoms with van der Waals surface area (Å²) in [5.74, 6) is 0.604. The third-order valence-electron chi connectivity index (χ3n) is 1.45. The van der Waals surface area contributed by atoms with Gasteiger partial charge < -0.3 is 0 Å². The van der Waals surface area contributed by atoms with E-state index in [2.05, 4.69) is 10.2 Å². The van der Waals surface area contributed by atoms with Gasteiger partial charge in [-0.15, -0.1) is 0 Å². The van der Waals surface area contributed by atoms with Crippen molar-refractivity contribution in [2.24, 2.45) is 0 Å². The first-order valence-corrected chi connectivity index (χ1v) is 3.37. The zero-order valence-electron chi connectivity index (χ0n) is 5.49. The fraction of sp³-hybridized carbons (Fsp3) is 0.200. The number of halogens is 1. The molecule has 0 aromatic carbocycles. The lowest BCUT2D eigenvalue weighted by Gasteiger charge is -2.14. The van der Waals surface area contributed by atoms with Gasteiger partial charge in [0, 0.05) is 24.1 Å². The van der Waals surface area contributed by atoms with Crippen molar-refractivity contribution in [3.63, 3.8) is 0 Å². The molecule has 1 N–H and O–H groups in total. The highest BCUT2D eigenvalue weighted by atomic mass is 35.5. The summed E-state index contributed by atoms with van der Waals surface area (Å²) in [7, 11) is 0. The Hall–Kier alpha value is -1.23. The molecule has 0 unspecified atom stereocenters. The van der Waals surface area contributed by atoms with Crippen molar-refractivity contribution < 1.29 is 0 Å². The van der Waals surface area contributed by atoms with Gasteiger partial charge in [-0.2, -0.15) is 5.10 Å². The number of rotatable bonds is 0. The average Bonchev–Trinajstić information content (AvgIpc) is 2.33. The third kappa shape index (κ3) is 0.932. The number of nitrogens with zero attached hydrogens (tertiary/aromatic N) is 3. The van der Waals surface area contributed by atoms with Crippen LogP contribution in [0.2, 0.25) is 0 Å². The Morgan fingerprint density at radius 3 is 3.36 bits per heavy atom. The Morgan fingerprint density at radius 1 is 1.73 bits per heavy atom. The summed E-state index contributed by atoms with van der Waals surface area (Å²) in [5.41, 5.74) is -0.241. The number of aromatic amines is 1. The normalized spacial score (nSPS) is 15.2. The van der Waals surface area contributed by atoms with Crippen LogP contribution in [0.1, 0.15) is 5.82 Å². The molecule has 0 saturated carbocycles. The van der Waals surface area contributed by atoms with E-state index in [1.54, 1.807) is 12.3 Å². The molecule has 0 saturated heterocycles. The summed E-state index contributed by atoms with van der Waals surface area (Å²) in [4.78, 5) is 10.9. The molecule has 11 heavy (non-hydrogen) atoms. The zero-order chi connectivity index (χ0) is 7.84. The molecule has 0 spiro atoms. The van der Waals surface area contributed by atoms with Crippen LogP contribution in [0.5, 0.6) is 0 Å². The first kappa shape index (κ1) is 6.48. The second-order valence-electron chi connectivity index (χ2n) is 2.17. The predicted molar refractivity (Wildman–Crippen MR) is 39.6 cm³/mol. The van der Waals surface area contributed by atoms with Crippen LogP contribution in [0, 0.1) is 0 Å². The quantitative estimate of drug-likeness (QED) is 0.559. The van der Waals surface area contributed by atoms with Gasteiger partial charge in [-0.1, -0.05) is 0 Å². The molecule has 1 aliphatic rings. The number of nitrogens with one attached hydrogen (secondary N) is 1. The average molecular weight is 173 g/mol. The van der Waals surface area contributed by atoms with E-state index in [1.165, 1.54) is 8.99 Å². The van der Waals surface area contributed by atoms with Crippen molar-refractivity contribution >= 4 is 17.9 Å². The first-order chi connectivity index (χ1) is 5.27. The fourth-order valence-electron chi connectivity index (χ4n) is 0.924. The standard InChI is InChI=1S/C5H5ClN4O/c6-9-2-1-4-7-8-5(11)10(4)3-9/h1-2H,3H2,(H,8,11). The van der Waals surface area contributed by atoms with Gasteiger partial charge in [0.15, 0.2) is 5.82 Å². The van der Waals surface area contributed by atoms with Crippen LogP contribution in [-0.2, 0) is 6.67 Å². The Balaban J connectivity index is 2.57. The maximum Gasteiger partial charge on any atom is 0.345 e. The molecule has 0 fully saturated rings. The summed E-state index contributed by atoms with van der Waals surface area (Å²) < 4.78 is 2.82. The lowest BCUT2D eigenvalue weighted by atomic mass is 10.5. The van der Waals surface area contributed by atoms with Gasteiger partial charge >= 0.3 is 5.69 Å². The number of H-pyrrole nitrogens is 1. The molecule has 58 valence electrons. The molecule has 2 heterocycles. The number of hydrogen-bond donors (Lipinski definition) is 1. The van der Waals surface area contributed by atoms with E-state index < -0.39 is 0 Å². The summed E-state index contributed by atoms with van der Waals surface area (Å²) in [6.45, 7) is 0.336. The Bertz CT molecular complexity index is 352. The topological polar surface area (TPSA) is 53.9 Å². The summed E-state index contributed by atoms with van der Waals surface area (Å²) in [5, 5.41) is 6.06. The Kier molecular flexibility index (Phi) is 1.25. The second kappa shape index (κ2) is 2.13. The van der Waals surface area contributed by atoms with Crippen LogP contribution in [0.4, 0.5) is 0 Å². The van der Waals surface area contributed by atoms with E-state index >= 15 is 0 Å². The van der Waals surface area contributed by atoms with Crippen molar-refractivity contribution in [2.75, 3.05) is 0 Å². The molecule has 1 aromatic heterocycles. The summed E-state index contributed by atoms with van der Waals surface area (Å²) in [6.07, 6.45) is 3.31. The van der Waals surface area contributed by atoms with Crippen LogP contribution >= 0.6 is 11.8 Å². The van der Waals surface area contributed by atoms with E-state index in [-0.39, 0.29) is 5.69 Å². The number of aromatic nitrogens is 3. The molecule has 0 radical (unpaired) electrons. The molecule has 2 rings (SSSR count). The van der Waals surface area contributed by atoms with Gasteiger partial charge in [0.1, 0.15) is 6.67 Å². The van der Waals surface area contributed by atoms with Gasteiger partial charge in [-0.3, -0.25) is 8.99 Å². The lowest BCUT2D eigenvalue weighted by molar-refractivity contribution is 0.450. The molecule has 6 heteroatoms. The number of hydrogen-bond acceptors (Lipinski definition) is 3. The third-order valence-corrected chi connectivity index (χ3v) is 1.67. The fourth-order valence-corrected chi connectivity index (χ4v) is 1.09. The minimum atomic E-state index is -0.241. The smallest absolute Gasteiger partial charge is 0.272 e. The summed E-state index contributed by atoms with van der Waals surface area (Å²) >= 11 is 5.62. The van der Waals surface area contributed by atoms with Crippen molar-refractivity contribution in [2.45, 2.75) is 6.67 Å². The van der Waals surface area contributed by atoms with Crippen LogP contribution in [0.15, 0.2) is 11.0 Å². The minimum Gasteiger partial charge on any atom is -0.272 e. The SMILES string of the molecule is O=c1[nH]nc2n1CN(Cl)C=C2. The van der Waals surface area contributed by atoms with Gasteiger partial charge in [-0.05, 0) is 0 Å². The van der Waals surface area contributed by atoms with E-state index in [9.17, 15) is 4.79 Å². The molecule has 5 nitrogen and oxygen atoms in total. The second-order valence-corrected chi connectivity index (χ2v) is 2.61. The van der Waals surface area contributed by atoms with E-state index in [0.29, 0.717) is 12.5 Å². The van der Waals surface area contributed by atoms with Crippen molar-refractivity contribution in [3.05, 3.63) is 22.5 Å². The molecule has 1 aliphatic heterocycles. The van der Waals surface area contributed by atoms with Gasteiger partial charge in [0.05, 0.1) is 0 Å². The highest BCUT2D eigenvalue weighted by Crippen LogP contribution is 2.08. The first-order valence-electron chi connectivity index (χ1n) is 3.03. The number of fused-ring (bicyclic) bond motifs is 1. The molecular formula is C5H5ClN4O. The molecular weight excluding hydrogens is 168 g/mol. The van der Waals surface area contributed by atoms with Crippen LogP contribution in [0.25, 0.3) is 6.08 Å². The highest BCUT2D eigenvalue weighted by Gasteiger charge is 2.11. The highest BCUT2D eigenvalue weighted by molar-refractivity contribution is 6.14. The largest absolute Gasteiger partial charge is 0.345 e. The maximum absolute atomic E-state index is 10.9. The monoisotopic (exact) mass is 172 g/mol. The van der Waals surface area contributed by atoms with Gasteiger partial charge in [0.25, 0.3) is 0 Å².